The largest absolute Gasteiger partial charge is 0.327 e. The summed E-state index contributed by atoms with van der Waals surface area (Å²) in [6, 6.07) is 14.0. The van der Waals surface area contributed by atoms with E-state index in [-0.39, 0.29) is 17.5 Å². The Hall–Kier alpha value is -3.22. The highest BCUT2D eigenvalue weighted by Crippen LogP contribution is 2.22. The van der Waals surface area contributed by atoms with Crippen LogP contribution in [0.25, 0.3) is 0 Å². The highest BCUT2D eigenvalue weighted by atomic mass is 16.6. The molecule has 0 saturated carbocycles. The topological polar surface area (TPSA) is 92.6 Å². The van der Waals surface area contributed by atoms with E-state index in [1.54, 1.807) is 12.1 Å². The number of hydrogen-bond acceptors (Lipinski definition) is 4. The number of hydrogen-bond donors (Lipinski definition) is 1. The lowest BCUT2D eigenvalue weighted by atomic mass is 10.1. The second-order valence-corrected chi connectivity index (χ2v) is 5.82. The quantitative estimate of drug-likeness (QED) is 0.685. The lowest BCUT2D eigenvalue weighted by molar-refractivity contribution is -0.384. The van der Waals surface area contributed by atoms with E-state index in [9.17, 15) is 19.7 Å². The van der Waals surface area contributed by atoms with Crippen LogP contribution >= 0.6 is 0 Å². The van der Waals surface area contributed by atoms with Crippen molar-refractivity contribution in [3.63, 3.8) is 0 Å². The first-order chi connectivity index (χ1) is 12.1. The zero-order valence-corrected chi connectivity index (χ0v) is 13.4. The molecule has 1 atom stereocenters. The Morgan fingerprint density at radius 2 is 1.76 bits per heavy atom. The van der Waals surface area contributed by atoms with Crippen LogP contribution < -0.4 is 5.32 Å². The third-order valence-electron chi connectivity index (χ3n) is 4.18. The van der Waals surface area contributed by atoms with Gasteiger partial charge in [0.2, 0.25) is 5.91 Å². The third kappa shape index (κ3) is 3.65. The van der Waals surface area contributed by atoms with Crippen LogP contribution in [0.15, 0.2) is 54.6 Å². The van der Waals surface area contributed by atoms with E-state index in [4.69, 9.17) is 0 Å². The minimum absolute atomic E-state index is 0.0728. The molecule has 25 heavy (non-hydrogen) atoms. The number of para-hydroxylation sites is 1. The van der Waals surface area contributed by atoms with Crippen molar-refractivity contribution in [2.75, 3.05) is 11.9 Å². The van der Waals surface area contributed by atoms with Gasteiger partial charge in [-0.1, -0.05) is 18.2 Å². The van der Waals surface area contributed by atoms with Gasteiger partial charge in [0, 0.05) is 29.9 Å². The molecule has 7 heteroatoms. The van der Waals surface area contributed by atoms with E-state index in [0.717, 1.165) is 6.42 Å². The number of carbonyl (C=O) groups excluding carboxylic acids is 2. The van der Waals surface area contributed by atoms with Crippen LogP contribution in [0.4, 0.5) is 11.4 Å². The summed E-state index contributed by atoms with van der Waals surface area (Å²) >= 11 is 0. The maximum absolute atomic E-state index is 12.7. The van der Waals surface area contributed by atoms with Gasteiger partial charge >= 0.3 is 0 Å². The minimum atomic E-state index is -0.539. The van der Waals surface area contributed by atoms with Gasteiger partial charge in [-0.3, -0.25) is 19.7 Å². The van der Waals surface area contributed by atoms with Crippen LogP contribution in [-0.4, -0.2) is 34.2 Å². The van der Waals surface area contributed by atoms with Crippen molar-refractivity contribution >= 4 is 23.2 Å². The Morgan fingerprint density at radius 1 is 1.08 bits per heavy atom. The number of nitro benzene ring substituents is 1. The van der Waals surface area contributed by atoms with Crippen LogP contribution in [0, 0.1) is 10.1 Å². The van der Waals surface area contributed by atoms with Crippen LogP contribution in [0.5, 0.6) is 0 Å². The zero-order valence-electron chi connectivity index (χ0n) is 13.4. The first-order valence-corrected chi connectivity index (χ1v) is 7.97. The fourth-order valence-corrected chi connectivity index (χ4v) is 2.92. The maximum Gasteiger partial charge on any atom is 0.269 e. The number of anilines is 1. The lowest BCUT2D eigenvalue weighted by Gasteiger charge is -2.24. The molecular weight excluding hydrogens is 322 g/mol. The molecule has 1 aliphatic rings. The Balaban J connectivity index is 1.73. The fourth-order valence-electron chi connectivity index (χ4n) is 2.92. The highest BCUT2D eigenvalue weighted by molar-refractivity contribution is 6.01. The lowest BCUT2D eigenvalue weighted by Crippen LogP contribution is -2.43. The van der Waals surface area contributed by atoms with Crippen molar-refractivity contribution in [3.8, 4) is 0 Å². The number of amides is 2. The average Bonchev–Trinajstić information content (AvgIpc) is 3.12. The Kier molecular flexibility index (Phi) is 4.74. The molecule has 1 fully saturated rings. The van der Waals surface area contributed by atoms with Crippen LogP contribution in [-0.2, 0) is 4.79 Å². The van der Waals surface area contributed by atoms with E-state index in [1.807, 2.05) is 18.2 Å². The normalized spacial score (nSPS) is 16.5. The molecule has 7 nitrogen and oxygen atoms in total. The average molecular weight is 339 g/mol. The molecule has 1 unspecified atom stereocenters. The van der Waals surface area contributed by atoms with Gasteiger partial charge in [0.1, 0.15) is 6.04 Å². The molecule has 0 aliphatic carbocycles. The number of rotatable bonds is 4. The van der Waals surface area contributed by atoms with Gasteiger partial charge in [-0.05, 0) is 37.1 Å². The molecule has 1 N–H and O–H groups in total. The van der Waals surface area contributed by atoms with Gasteiger partial charge in [0.25, 0.3) is 11.6 Å². The zero-order chi connectivity index (χ0) is 17.8. The smallest absolute Gasteiger partial charge is 0.269 e. The molecule has 0 bridgehead atoms. The number of nitro groups is 1. The molecule has 0 aromatic heterocycles. The second kappa shape index (κ2) is 7.12. The Morgan fingerprint density at radius 3 is 2.40 bits per heavy atom. The molecule has 2 amide bonds. The van der Waals surface area contributed by atoms with Crippen molar-refractivity contribution in [2.45, 2.75) is 18.9 Å². The summed E-state index contributed by atoms with van der Waals surface area (Å²) in [5, 5.41) is 13.5. The summed E-state index contributed by atoms with van der Waals surface area (Å²) < 4.78 is 0. The van der Waals surface area contributed by atoms with Gasteiger partial charge in [-0.25, -0.2) is 0 Å². The molecule has 1 aliphatic heterocycles. The van der Waals surface area contributed by atoms with E-state index < -0.39 is 11.0 Å². The molecule has 3 rings (SSSR count). The van der Waals surface area contributed by atoms with E-state index >= 15 is 0 Å². The van der Waals surface area contributed by atoms with Crippen LogP contribution in [0.1, 0.15) is 23.2 Å². The number of nitrogens with one attached hydrogen (secondary N) is 1. The highest BCUT2D eigenvalue weighted by Gasteiger charge is 2.34. The second-order valence-electron chi connectivity index (χ2n) is 5.82. The van der Waals surface area contributed by atoms with Crippen LogP contribution in [0.3, 0.4) is 0 Å². The minimum Gasteiger partial charge on any atom is -0.327 e. The molecule has 0 spiro atoms. The Bertz CT molecular complexity index is 790. The summed E-state index contributed by atoms with van der Waals surface area (Å²) in [7, 11) is 0. The van der Waals surface area contributed by atoms with Gasteiger partial charge in [-0.15, -0.1) is 0 Å². The van der Waals surface area contributed by atoms with Gasteiger partial charge < -0.3 is 10.2 Å². The fraction of sp³-hybridized carbons (Fsp3) is 0.222. The number of non-ortho nitro benzene ring substituents is 1. The summed E-state index contributed by atoms with van der Waals surface area (Å²) in [5.74, 6) is -0.514. The monoisotopic (exact) mass is 339 g/mol. The van der Waals surface area contributed by atoms with E-state index in [2.05, 4.69) is 5.32 Å². The number of nitrogens with zero attached hydrogens (tertiary/aromatic N) is 2. The van der Waals surface area contributed by atoms with E-state index in [0.29, 0.717) is 24.2 Å². The van der Waals surface area contributed by atoms with Crippen LogP contribution in [0.2, 0.25) is 0 Å². The SMILES string of the molecule is O=C(Nc1ccccc1)C1CCCN1C(=O)c1ccc([N+](=O)[O-])cc1. The first-order valence-electron chi connectivity index (χ1n) is 7.97. The van der Waals surface area contributed by atoms with Gasteiger partial charge in [-0.2, -0.15) is 0 Å². The summed E-state index contributed by atoms with van der Waals surface area (Å²) in [4.78, 5) is 36.9. The maximum atomic E-state index is 12.7. The molecule has 0 radical (unpaired) electrons. The van der Waals surface area contributed by atoms with Gasteiger partial charge in [0.05, 0.1) is 4.92 Å². The number of benzene rings is 2. The molecule has 1 saturated heterocycles. The molecule has 128 valence electrons. The van der Waals surface area contributed by atoms with Gasteiger partial charge in [0.15, 0.2) is 0 Å². The van der Waals surface area contributed by atoms with E-state index in [1.165, 1.54) is 29.2 Å². The molecule has 2 aromatic rings. The van der Waals surface area contributed by atoms with Crippen molar-refractivity contribution in [1.82, 2.24) is 4.90 Å². The molecule has 1 heterocycles. The van der Waals surface area contributed by atoms with Crippen molar-refractivity contribution in [3.05, 3.63) is 70.3 Å². The summed E-state index contributed by atoms with van der Waals surface area (Å²) in [6.45, 7) is 0.489. The number of likely N-dealkylation sites (tertiary alicyclic amines) is 1. The van der Waals surface area contributed by atoms with Crippen molar-refractivity contribution in [1.29, 1.82) is 0 Å². The first kappa shape index (κ1) is 16.6. The predicted molar refractivity (Wildman–Crippen MR) is 92.2 cm³/mol. The van der Waals surface area contributed by atoms with Crippen molar-refractivity contribution in [2.24, 2.45) is 0 Å². The predicted octanol–water partition coefficient (Wildman–Crippen LogP) is 2.84. The Labute approximate surface area is 144 Å². The summed E-state index contributed by atoms with van der Waals surface area (Å²) in [6.07, 6.45) is 1.34. The molecule has 2 aromatic carbocycles. The standard InChI is InChI=1S/C18H17N3O4/c22-17(19-14-5-2-1-3-6-14)16-7-4-12-20(16)18(23)13-8-10-15(11-9-13)21(24)25/h1-3,5-6,8-11,16H,4,7,12H2,(H,19,22). The third-order valence-corrected chi connectivity index (χ3v) is 4.18. The van der Waals surface area contributed by atoms with Crippen molar-refractivity contribution < 1.29 is 14.5 Å². The molecular formula is C18H17N3O4. The summed E-state index contributed by atoms with van der Waals surface area (Å²) in [5.41, 5.74) is 0.948. The number of carbonyl (C=O) groups is 2.